The van der Waals surface area contributed by atoms with Crippen LogP contribution in [0.4, 0.5) is 0 Å². The van der Waals surface area contributed by atoms with Gasteiger partial charge in [0.05, 0.1) is 10.6 Å². The summed E-state index contributed by atoms with van der Waals surface area (Å²) in [5.74, 6) is -0.0416. The van der Waals surface area contributed by atoms with Crippen molar-refractivity contribution in [1.82, 2.24) is 9.80 Å². The highest BCUT2D eigenvalue weighted by atomic mass is 79.9. The SMILES string of the molecule is O=C(c1cc(O)ccc1Cl)N1CCCN(CCBr)CC1. The second kappa shape index (κ2) is 7.29. The molecule has 1 aliphatic heterocycles. The Morgan fingerprint density at radius 1 is 1.30 bits per heavy atom. The Morgan fingerprint density at radius 3 is 2.85 bits per heavy atom. The van der Waals surface area contributed by atoms with Crippen molar-refractivity contribution in [1.29, 1.82) is 0 Å². The van der Waals surface area contributed by atoms with Crippen molar-refractivity contribution in [3.8, 4) is 5.75 Å². The second-order valence-electron chi connectivity index (χ2n) is 4.84. The van der Waals surface area contributed by atoms with E-state index in [-0.39, 0.29) is 11.7 Å². The minimum atomic E-state index is -0.105. The number of amides is 1. The van der Waals surface area contributed by atoms with Gasteiger partial charge >= 0.3 is 0 Å². The molecule has 0 bridgehead atoms. The van der Waals surface area contributed by atoms with Crippen LogP contribution < -0.4 is 0 Å². The summed E-state index contributed by atoms with van der Waals surface area (Å²) in [6.45, 7) is 4.28. The number of aromatic hydroxyl groups is 1. The smallest absolute Gasteiger partial charge is 0.255 e. The molecule has 0 unspecified atom stereocenters. The number of halogens is 2. The third-order valence-corrected chi connectivity index (χ3v) is 4.14. The number of nitrogens with zero attached hydrogens (tertiary/aromatic N) is 2. The number of alkyl halides is 1. The number of benzene rings is 1. The first-order valence-electron chi connectivity index (χ1n) is 6.68. The van der Waals surface area contributed by atoms with Crippen LogP contribution in [0.3, 0.4) is 0 Å². The normalized spacial score (nSPS) is 17.0. The summed E-state index contributed by atoms with van der Waals surface area (Å²) in [6, 6.07) is 4.48. The van der Waals surface area contributed by atoms with Crippen LogP contribution in [-0.4, -0.2) is 58.9 Å². The van der Waals surface area contributed by atoms with Crippen molar-refractivity contribution in [3.05, 3.63) is 28.8 Å². The molecule has 0 aliphatic carbocycles. The van der Waals surface area contributed by atoms with Crippen molar-refractivity contribution in [3.63, 3.8) is 0 Å². The summed E-state index contributed by atoms with van der Waals surface area (Å²) >= 11 is 9.50. The van der Waals surface area contributed by atoms with Crippen LogP contribution in [0.5, 0.6) is 5.75 Å². The third-order valence-electron chi connectivity index (χ3n) is 3.46. The number of phenolic OH excluding ortho intramolecular Hbond substituents is 1. The monoisotopic (exact) mass is 360 g/mol. The Kier molecular flexibility index (Phi) is 5.69. The predicted octanol–water partition coefficient (Wildman–Crippen LogP) is 2.59. The molecular formula is C14H18BrClN2O2. The van der Waals surface area contributed by atoms with Gasteiger partial charge in [-0.2, -0.15) is 0 Å². The zero-order valence-corrected chi connectivity index (χ0v) is 13.5. The van der Waals surface area contributed by atoms with E-state index in [1.54, 1.807) is 6.07 Å². The molecule has 0 saturated carbocycles. The molecule has 110 valence electrons. The summed E-state index contributed by atoms with van der Waals surface area (Å²) in [5.41, 5.74) is 0.376. The number of phenols is 1. The molecule has 1 amide bonds. The third kappa shape index (κ3) is 3.87. The first-order chi connectivity index (χ1) is 9.61. The lowest BCUT2D eigenvalue weighted by Crippen LogP contribution is -2.35. The molecule has 1 aliphatic rings. The molecule has 1 aromatic carbocycles. The summed E-state index contributed by atoms with van der Waals surface area (Å²) in [6.07, 6.45) is 0.954. The standard InChI is InChI=1S/C14H18BrClN2O2/c15-4-7-17-5-1-6-18(9-8-17)14(20)12-10-11(19)2-3-13(12)16/h2-3,10,19H,1,4-9H2. The highest BCUT2D eigenvalue weighted by Gasteiger charge is 2.22. The Balaban J connectivity index is 2.07. The van der Waals surface area contributed by atoms with Crippen LogP contribution in [0.2, 0.25) is 5.02 Å². The van der Waals surface area contributed by atoms with Crippen molar-refractivity contribution in [2.45, 2.75) is 6.42 Å². The maximum Gasteiger partial charge on any atom is 0.255 e. The van der Waals surface area contributed by atoms with E-state index in [0.717, 1.165) is 37.9 Å². The van der Waals surface area contributed by atoms with E-state index in [4.69, 9.17) is 11.6 Å². The van der Waals surface area contributed by atoms with E-state index < -0.39 is 0 Å². The summed E-state index contributed by atoms with van der Waals surface area (Å²) < 4.78 is 0. The van der Waals surface area contributed by atoms with Crippen molar-refractivity contribution >= 4 is 33.4 Å². The van der Waals surface area contributed by atoms with E-state index in [2.05, 4.69) is 20.8 Å². The van der Waals surface area contributed by atoms with Crippen LogP contribution in [-0.2, 0) is 0 Å². The molecular weight excluding hydrogens is 344 g/mol. The van der Waals surface area contributed by atoms with Gasteiger partial charge in [0, 0.05) is 31.5 Å². The zero-order valence-electron chi connectivity index (χ0n) is 11.2. The van der Waals surface area contributed by atoms with Gasteiger partial charge in [0.15, 0.2) is 0 Å². The van der Waals surface area contributed by atoms with Gasteiger partial charge in [-0.1, -0.05) is 27.5 Å². The van der Waals surface area contributed by atoms with Gasteiger partial charge in [0.2, 0.25) is 0 Å². The van der Waals surface area contributed by atoms with Gasteiger partial charge in [-0.3, -0.25) is 4.79 Å². The van der Waals surface area contributed by atoms with E-state index in [1.807, 2.05) is 4.90 Å². The number of hydrogen-bond donors (Lipinski definition) is 1. The van der Waals surface area contributed by atoms with E-state index in [9.17, 15) is 9.90 Å². The van der Waals surface area contributed by atoms with Gasteiger partial charge in [0.1, 0.15) is 5.75 Å². The molecule has 1 saturated heterocycles. The molecule has 1 heterocycles. The molecule has 0 atom stereocenters. The van der Waals surface area contributed by atoms with Gasteiger partial charge in [-0.15, -0.1) is 0 Å². The Hall–Kier alpha value is -0.780. The molecule has 0 radical (unpaired) electrons. The quantitative estimate of drug-likeness (QED) is 0.842. The highest BCUT2D eigenvalue weighted by Crippen LogP contribution is 2.23. The molecule has 2 rings (SSSR count). The van der Waals surface area contributed by atoms with E-state index in [0.29, 0.717) is 17.1 Å². The minimum absolute atomic E-state index is 0.0634. The molecule has 1 fully saturated rings. The molecule has 0 spiro atoms. The average molecular weight is 362 g/mol. The fourth-order valence-electron chi connectivity index (χ4n) is 2.36. The molecule has 1 aromatic rings. The topological polar surface area (TPSA) is 43.8 Å². The first-order valence-corrected chi connectivity index (χ1v) is 8.18. The first kappa shape index (κ1) is 15.6. The van der Waals surface area contributed by atoms with Gasteiger partial charge in [0.25, 0.3) is 5.91 Å². The average Bonchev–Trinajstić information content (AvgIpc) is 2.67. The molecule has 0 aromatic heterocycles. The fourth-order valence-corrected chi connectivity index (χ4v) is 3.06. The summed E-state index contributed by atoms with van der Waals surface area (Å²) in [7, 11) is 0. The maximum atomic E-state index is 12.5. The predicted molar refractivity (Wildman–Crippen MR) is 83.9 cm³/mol. The number of carbonyl (C=O) groups excluding carboxylic acids is 1. The number of rotatable bonds is 3. The minimum Gasteiger partial charge on any atom is -0.508 e. The second-order valence-corrected chi connectivity index (χ2v) is 6.04. The molecule has 1 N–H and O–H groups in total. The zero-order chi connectivity index (χ0) is 14.5. The lowest BCUT2D eigenvalue weighted by molar-refractivity contribution is 0.0761. The summed E-state index contributed by atoms with van der Waals surface area (Å²) in [5, 5.41) is 10.8. The lowest BCUT2D eigenvalue weighted by Gasteiger charge is -2.22. The molecule has 20 heavy (non-hydrogen) atoms. The lowest BCUT2D eigenvalue weighted by atomic mass is 10.2. The van der Waals surface area contributed by atoms with Crippen LogP contribution in [0, 0.1) is 0 Å². The Bertz CT molecular complexity index is 484. The van der Waals surface area contributed by atoms with Crippen LogP contribution in [0.25, 0.3) is 0 Å². The molecule has 4 nitrogen and oxygen atoms in total. The Morgan fingerprint density at radius 2 is 2.10 bits per heavy atom. The fraction of sp³-hybridized carbons (Fsp3) is 0.500. The van der Waals surface area contributed by atoms with Crippen molar-refractivity contribution in [2.24, 2.45) is 0 Å². The van der Waals surface area contributed by atoms with E-state index >= 15 is 0 Å². The van der Waals surface area contributed by atoms with Gasteiger partial charge in [-0.25, -0.2) is 0 Å². The largest absolute Gasteiger partial charge is 0.508 e. The van der Waals surface area contributed by atoms with Crippen molar-refractivity contribution in [2.75, 3.05) is 38.1 Å². The molecule has 6 heteroatoms. The van der Waals surface area contributed by atoms with Gasteiger partial charge < -0.3 is 14.9 Å². The Labute approximate surface area is 132 Å². The highest BCUT2D eigenvalue weighted by molar-refractivity contribution is 9.09. The van der Waals surface area contributed by atoms with Crippen LogP contribution in [0.15, 0.2) is 18.2 Å². The van der Waals surface area contributed by atoms with Crippen molar-refractivity contribution < 1.29 is 9.90 Å². The van der Waals surface area contributed by atoms with Gasteiger partial charge in [-0.05, 0) is 31.2 Å². The summed E-state index contributed by atoms with van der Waals surface area (Å²) in [4.78, 5) is 16.6. The van der Waals surface area contributed by atoms with Crippen LogP contribution in [0.1, 0.15) is 16.8 Å². The van der Waals surface area contributed by atoms with Crippen LogP contribution >= 0.6 is 27.5 Å². The number of hydrogen-bond acceptors (Lipinski definition) is 3. The maximum absolute atomic E-state index is 12.5. The number of carbonyl (C=O) groups is 1. The van der Waals surface area contributed by atoms with E-state index in [1.165, 1.54) is 12.1 Å².